The molecule has 35 heavy (non-hydrogen) atoms. The second kappa shape index (κ2) is 10.5. The van der Waals surface area contributed by atoms with Gasteiger partial charge in [0, 0.05) is 38.6 Å². The summed E-state index contributed by atoms with van der Waals surface area (Å²) in [6.45, 7) is 4.06. The molecular weight excluding hydrogens is 483 g/mol. The van der Waals surface area contributed by atoms with Crippen molar-refractivity contribution in [2.45, 2.75) is 19.6 Å². The maximum Gasteiger partial charge on any atom is 0.416 e. The molecule has 0 saturated carbocycles. The van der Waals surface area contributed by atoms with Crippen molar-refractivity contribution < 1.29 is 22.7 Å². The Bertz CT molecular complexity index is 1200. The number of aromatic nitrogens is 3. The number of morpholine rings is 1. The molecule has 0 unspecified atom stereocenters. The predicted octanol–water partition coefficient (Wildman–Crippen LogP) is 4.45. The Balaban J connectivity index is 1.47. The molecule has 186 valence electrons. The van der Waals surface area contributed by atoms with Crippen LogP contribution in [0.1, 0.15) is 16.8 Å². The Hall–Kier alpha value is -3.29. The Morgan fingerprint density at radius 1 is 1.17 bits per heavy atom. The summed E-state index contributed by atoms with van der Waals surface area (Å²) in [5, 5.41) is 8.20. The lowest BCUT2D eigenvalue weighted by Crippen LogP contribution is -2.36. The summed E-state index contributed by atoms with van der Waals surface area (Å²) in [7, 11) is 1.70. The molecule has 0 aliphatic carbocycles. The molecule has 1 aromatic carbocycles. The third-order valence-electron chi connectivity index (χ3n) is 5.30. The largest absolute Gasteiger partial charge is 0.416 e. The highest BCUT2D eigenvalue weighted by molar-refractivity contribution is 7.19. The van der Waals surface area contributed by atoms with Crippen LogP contribution in [0.5, 0.6) is 0 Å². The fourth-order valence-electron chi connectivity index (χ4n) is 3.61. The van der Waals surface area contributed by atoms with Gasteiger partial charge in [0.15, 0.2) is 5.13 Å². The van der Waals surface area contributed by atoms with E-state index in [2.05, 4.69) is 30.9 Å². The molecule has 0 spiro atoms. The van der Waals surface area contributed by atoms with Crippen LogP contribution in [0.15, 0.2) is 30.5 Å². The highest BCUT2D eigenvalue weighted by Gasteiger charge is 2.34. The number of thiazole rings is 1. The number of carbonyl (C=O) groups is 1. The van der Waals surface area contributed by atoms with E-state index in [0.29, 0.717) is 48.8 Å². The van der Waals surface area contributed by atoms with Crippen LogP contribution < -0.4 is 16.0 Å². The normalized spacial score (nSPS) is 14.5. The highest BCUT2D eigenvalue weighted by atomic mass is 32.1. The number of hydrogen-bond acceptors (Lipinski definition) is 8. The number of amides is 2. The first-order chi connectivity index (χ1) is 16.7. The monoisotopic (exact) mass is 507 g/mol. The van der Waals surface area contributed by atoms with Crippen LogP contribution in [0.4, 0.5) is 34.7 Å². The van der Waals surface area contributed by atoms with E-state index in [4.69, 9.17) is 4.74 Å². The molecule has 1 aliphatic heterocycles. The van der Waals surface area contributed by atoms with Gasteiger partial charge >= 0.3 is 12.2 Å². The van der Waals surface area contributed by atoms with E-state index in [-0.39, 0.29) is 17.8 Å². The first kappa shape index (κ1) is 24.8. The van der Waals surface area contributed by atoms with Crippen LogP contribution in [-0.4, -0.2) is 59.2 Å². The minimum absolute atomic E-state index is 0.0310. The summed E-state index contributed by atoms with van der Waals surface area (Å²) in [5.41, 5.74) is 0.689. The van der Waals surface area contributed by atoms with Crippen LogP contribution in [-0.2, 0) is 17.5 Å². The Morgan fingerprint density at radius 3 is 2.66 bits per heavy atom. The average molecular weight is 508 g/mol. The number of carbonyl (C=O) groups excluding carboxylic acids is 1. The number of hydrogen-bond donors (Lipinski definition) is 3. The van der Waals surface area contributed by atoms with Crippen LogP contribution in [0.3, 0.4) is 0 Å². The topological polar surface area (TPSA) is 104 Å². The molecule has 2 amide bonds. The minimum Gasteiger partial charge on any atom is -0.379 e. The van der Waals surface area contributed by atoms with E-state index in [1.165, 1.54) is 23.5 Å². The molecule has 4 rings (SSSR count). The molecular formula is C22H24F3N7O2S. The van der Waals surface area contributed by atoms with Gasteiger partial charge in [-0.1, -0.05) is 17.4 Å². The number of halogens is 3. The van der Waals surface area contributed by atoms with Crippen molar-refractivity contribution in [3.8, 4) is 10.6 Å². The SMILES string of the molecule is CNc1nccc(-c2sc(NC(=O)Nc3ccc(CN4CCOCC4)c(C(F)(F)F)c3)nc2C)n1. The van der Waals surface area contributed by atoms with Gasteiger partial charge in [-0.25, -0.2) is 19.7 Å². The molecule has 13 heteroatoms. The van der Waals surface area contributed by atoms with Crippen molar-refractivity contribution in [1.29, 1.82) is 0 Å². The number of rotatable bonds is 6. The molecule has 1 aliphatic rings. The quantitative estimate of drug-likeness (QED) is 0.453. The number of nitrogens with zero attached hydrogens (tertiary/aromatic N) is 4. The number of benzene rings is 1. The van der Waals surface area contributed by atoms with Gasteiger partial charge in [-0.15, -0.1) is 0 Å². The molecule has 2 aromatic heterocycles. The van der Waals surface area contributed by atoms with Gasteiger partial charge in [0.25, 0.3) is 0 Å². The van der Waals surface area contributed by atoms with E-state index in [9.17, 15) is 18.0 Å². The molecule has 3 heterocycles. The van der Waals surface area contributed by atoms with Crippen molar-refractivity contribution in [3.05, 3.63) is 47.3 Å². The third-order valence-corrected chi connectivity index (χ3v) is 6.40. The van der Waals surface area contributed by atoms with Crippen molar-refractivity contribution >= 4 is 34.1 Å². The zero-order chi connectivity index (χ0) is 25.0. The van der Waals surface area contributed by atoms with Crippen LogP contribution in [0.2, 0.25) is 0 Å². The Kier molecular flexibility index (Phi) is 7.48. The van der Waals surface area contributed by atoms with Crippen molar-refractivity contribution in [2.24, 2.45) is 0 Å². The van der Waals surface area contributed by atoms with Gasteiger partial charge in [-0.2, -0.15) is 13.2 Å². The molecule has 1 fully saturated rings. The lowest BCUT2D eigenvalue weighted by molar-refractivity contribution is -0.138. The lowest BCUT2D eigenvalue weighted by atomic mass is 10.0. The molecule has 0 radical (unpaired) electrons. The van der Waals surface area contributed by atoms with Gasteiger partial charge in [-0.05, 0) is 30.7 Å². The molecule has 9 nitrogen and oxygen atoms in total. The van der Waals surface area contributed by atoms with Crippen LogP contribution >= 0.6 is 11.3 Å². The van der Waals surface area contributed by atoms with Gasteiger partial charge < -0.3 is 15.4 Å². The maximum absolute atomic E-state index is 13.7. The maximum atomic E-state index is 13.7. The van der Waals surface area contributed by atoms with Gasteiger partial charge in [0.1, 0.15) is 0 Å². The number of anilines is 3. The molecule has 0 atom stereocenters. The Labute approximate surface area is 203 Å². The van der Waals surface area contributed by atoms with E-state index in [0.717, 1.165) is 10.9 Å². The summed E-state index contributed by atoms with van der Waals surface area (Å²) in [6, 6.07) is 4.84. The molecule has 1 saturated heterocycles. The fourth-order valence-corrected chi connectivity index (χ4v) is 4.54. The summed E-state index contributed by atoms with van der Waals surface area (Å²) >= 11 is 1.20. The number of nitrogens with one attached hydrogen (secondary N) is 3. The number of alkyl halides is 3. The first-order valence-corrected chi connectivity index (χ1v) is 11.6. The number of ether oxygens (including phenoxy) is 1. The molecule has 3 aromatic rings. The first-order valence-electron chi connectivity index (χ1n) is 10.8. The van der Waals surface area contributed by atoms with E-state index in [1.807, 2.05) is 4.90 Å². The van der Waals surface area contributed by atoms with Gasteiger partial charge in [-0.3, -0.25) is 10.2 Å². The van der Waals surface area contributed by atoms with Crippen molar-refractivity contribution in [2.75, 3.05) is 49.3 Å². The molecule has 0 bridgehead atoms. The predicted molar refractivity (Wildman–Crippen MR) is 128 cm³/mol. The summed E-state index contributed by atoms with van der Waals surface area (Å²) in [4.78, 5) is 27.9. The fraction of sp³-hybridized carbons (Fsp3) is 0.364. The molecule has 3 N–H and O–H groups in total. The zero-order valence-corrected chi connectivity index (χ0v) is 19.9. The average Bonchev–Trinajstić information content (AvgIpc) is 3.19. The number of urea groups is 1. The van der Waals surface area contributed by atoms with E-state index >= 15 is 0 Å². The highest BCUT2D eigenvalue weighted by Crippen LogP contribution is 2.35. The Morgan fingerprint density at radius 2 is 1.94 bits per heavy atom. The van der Waals surface area contributed by atoms with Crippen LogP contribution in [0.25, 0.3) is 10.6 Å². The third kappa shape index (κ3) is 6.24. The van der Waals surface area contributed by atoms with Gasteiger partial charge in [0.05, 0.1) is 35.0 Å². The zero-order valence-electron chi connectivity index (χ0n) is 19.1. The van der Waals surface area contributed by atoms with Crippen molar-refractivity contribution in [1.82, 2.24) is 19.9 Å². The summed E-state index contributed by atoms with van der Waals surface area (Å²) in [6.07, 6.45) is -2.95. The number of aryl methyl sites for hydroxylation is 1. The van der Waals surface area contributed by atoms with E-state index in [1.54, 1.807) is 26.2 Å². The standard InChI is InChI=1S/C22H24F3N7O2S/c1-13-18(17-5-6-27-19(26-2)30-17)35-21(28-13)31-20(33)29-15-4-3-14(16(11-15)22(23,24)25)12-32-7-9-34-10-8-32/h3-6,11H,7-10,12H2,1-2H3,(H,26,27,30)(H2,28,29,31,33). The van der Waals surface area contributed by atoms with Gasteiger partial charge in [0.2, 0.25) is 5.95 Å². The van der Waals surface area contributed by atoms with Crippen molar-refractivity contribution in [3.63, 3.8) is 0 Å². The summed E-state index contributed by atoms with van der Waals surface area (Å²) < 4.78 is 46.5. The smallest absolute Gasteiger partial charge is 0.379 e. The minimum atomic E-state index is -4.55. The second-order valence-corrected chi connectivity index (χ2v) is 8.79. The second-order valence-electron chi connectivity index (χ2n) is 7.79. The summed E-state index contributed by atoms with van der Waals surface area (Å²) in [5.74, 6) is 0.445. The van der Waals surface area contributed by atoms with E-state index < -0.39 is 17.8 Å². The van der Waals surface area contributed by atoms with Crippen LogP contribution in [0, 0.1) is 6.92 Å². The lowest BCUT2D eigenvalue weighted by Gasteiger charge is -2.27.